The Morgan fingerprint density at radius 2 is 1.12 bits per heavy atom. The largest absolute Gasteiger partial charge is 0.309 e. The van der Waals surface area contributed by atoms with Crippen LogP contribution in [0.3, 0.4) is 0 Å². The molecule has 10 aromatic rings. The highest BCUT2D eigenvalue weighted by atomic mass is 15.1. The zero-order valence-corrected chi connectivity index (χ0v) is 38.2. The molecule has 0 saturated heterocycles. The molecule has 1 atom stereocenters. The number of allylic oxidation sites excluding steroid dienone is 8. The number of benzene rings is 9. The lowest BCUT2D eigenvalue weighted by atomic mass is 9.85. The normalized spacial score (nSPS) is 14.5. The van der Waals surface area contributed by atoms with Gasteiger partial charge in [-0.3, -0.25) is 0 Å². The summed E-state index contributed by atoms with van der Waals surface area (Å²) in [6.45, 7) is 6.83. The molecular formula is C65H52N2. The topological polar surface area (TPSA) is 8.17 Å². The van der Waals surface area contributed by atoms with Crippen LogP contribution < -0.4 is 4.90 Å². The van der Waals surface area contributed by atoms with E-state index in [-0.39, 0.29) is 0 Å². The minimum atomic E-state index is 0.415. The van der Waals surface area contributed by atoms with E-state index in [0.29, 0.717) is 11.8 Å². The average molecular weight is 861 g/mol. The van der Waals surface area contributed by atoms with Crippen molar-refractivity contribution < 1.29 is 0 Å². The van der Waals surface area contributed by atoms with Crippen molar-refractivity contribution in [2.75, 3.05) is 4.90 Å². The molecule has 2 nitrogen and oxygen atoms in total. The van der Waals surface area contributed by atoms with Crippen molar-refractivity contribution in [3.8, 4) is 39.1 Å². The van der Waals surface area contributed by atoms with E-state index in [4.69, 9.17) is 0 Å². The second-order valence-corrected chi connectivity index (χ2v) is 18.0. The van der Waals surface area contributed by atoms with Crippen LogP contribution in [0, 0.1) is 11.8 Å². The van der Waals surface area contributed by atoms with Crippen LogP contribution in [0.25, 0.3) is 77.2 Å². The van der Waals surface area contributed by atoms with Gasteiger partial charge >= 0.3 is 0 Å². The fraction of sp³-hybridized carbons (Fsp3) is 0.0769. The quantitative estimate of drug-likeness (QED) is 0.133. The smallest absolute Gasteiger partial charge is 0.0547 e. The van der Waals surface area contributed by atoms with E-state index in [1.165, 1.54) is 71.5 Å². The van der Waals surface area contributed by atoms with E-state index >= 15 is 0 Å². The third-order valence-corrected chi connectivity index (χ3v) is 13.5. The van der Waals surface area contributed by atoms with Crippen molar-refractivity contribution in [2.24, 2.45) is 11.8 Å². The number of para-hydroxylation sites is 2. The van der Waals surface area contributed by atoms with E-state index in [9.17, 15) is 0 Å². The molecule has 67 heavy (non-hydrogen) atoms. The van der Waals surface area contributed by atoms with Gasteiger partial charge in [0.1, 0.15) is 0 Å². The number of rotatable bonds is 10. The summed E-state index contributed by atoms with van der Waals surface area (Å²) in [5.74, 6) is 0.949. The Bertz CT molecular complexity index is 3540. The Morgan fingerprint density at radius 1 is 0.507 bits per heavy atom. The summed E-state index contributed by atoms with van der Waals surface area (Å²) >= 11 is 0. The average Bonchev–Trinajstić information content (AvgIpc) is 3.72. The van der Waals surface area contributed by atoms with E-state index in [1.54, 1.807) is 0 Å². The van der Waals surface area contributed by atoms with Gasteiger partial charge in [0.25, 0.3) is 0 Å². The molecule has 1 unspecified atom stereocenters. The van der Waals surface area contributed by atoms with Crippen LogP contribution in [0.15, 0.2) is 254 Å². The molecule has 0 N–H and O–H groups in total. The Balaban J connectivity index is 1.08. The monoisotopic (exact) mass is 860 g/mol. The Labute approximate surface area is 394 Å². The lowest BCUT2D eigenvalue weighted by Gasteiger charge is -2.29. The first-order chi connectivity index (χ1) is 33.0. The fourth-order valence-electron chi connectivity index (χ4n) is 10.1. The molecule has 1 aliphatic rings. The standard InChI is InChI=1S/C65H52N2/c1-45(2)55-26-12-10-22-50(55)34-33-46(3)51-37-41-60-61-42-38-52(44-65(61)67(64(60)43-51)54-39-35-48(36-40-54)47-19-6-4-7-20-47)56-27-14-15-29-58(56)59-30-16-17-31-63(59)66(53-24-8-5-9-25-53)62-32-18-23-49-21-11-13-28-57(49)62/h4-45,55H,1-3H3/b46-33+,50-34-. The minimum Gasteiger partial charge on any atom is -0.309 e. The van der Waals surface area contributed by atoms with E-state index in [1.807, 2.05) is 0 Å². The highest BCUT2D eigenvalue weighted by Crippen LogP contribution is 2.46. The van der Waals surface area contributed by atoms with Crippen molar-refractivity contribution in [2.45, 2.75) is 20.8 Å². The van der Waals surface area contributed by atoms with Crippen molar-refractivity contribution in [1.82, 2.24) is 4.57 Å². The first-order valence-corrected chi connectivity index (χ1v) is 23.5. The molecule has 322 valence electrons. The molecule has 1 aliphatic carbocycles. The number of aromatic nitrogens is 1. The number of hydrogen-bond acceptors (Lipinski definition) is 1. The first-order valence-electron chi connectivity index (χ1n) is 23.5. The highest BCUT2D eigenvalue weighted by molar-refractivity contribution is 6.11. The zero-order valence-electron chi connectivity index (χ0n) is 38.2. The molecule has 0 saturated carbocycles. The Hall–Kier alpha value is -8.20. The van der Waals surface area contributed by atoms with Crippen LogP contribution in [0.4, 0.5) is 17.1 Å². The van der Waals surface area contributed by atoms with Crippen molar-refractivity contribution in [3.05, 3.63) is 260 Å². The van der Waals surface area contributed by atoms with Crippen molar-refractivity contribution >= 4 is 55.2 Å². The van der Waals surface area contributed by atoms with Gasteiger partial charge in [0.2, 0.25) is 0 Å². The number of nitrogens with zero attached hydrogens (tertiary/aromatic N) is 2. The summed E-state index contributed by atoms with van der Waals surface area (Å²) < 4.78 is 2.47. The molecule has 0 amide bonds. The summed E-state index contributed by atoms with van der Waals surface area (Å²) in [5, 5.41) is 4.87. The predicted octanol–water partition coefficient (Wildman–Crippen LogP) is 18.1. The highest BCUT2D eigenvalue weighted by Gasteiger charge is 2.22. The summed E-state index contributed by atoms with van der Waals surface area (Å²) in [5.41, 5.74) is 17.7. The number of hydrogen-bond donors (Lipinski definition) is 0. The summed E-state index contributed by atoms with van der Waals surface area (Å²) in [7, 11) is 0. The van der Waals surface area contributed by atoms with Gasteiger partial charge in [-0.25, -0.2) is 0 Å². The van der Waals surface area contributed by atoms with Gasteiger partial charge in [-0.05, 0) is 111 Å². The van der Waals surface area contributed by atoms with Crippen molar-refractivity contribution in [3.63, 3.8) is 0 Å². The Morgan fingerprint density at radius 3 is 1.91 bits per heavy atom. The summed E-state index contributed by atoms with van der Waals surface area (Å²) in [6.07, 6.45) is 13.5. The molecule has 1 heterocycles. The molecule has 0 spiro atoms. The second-order valence-electron chi connectivity index (χ2n) is 18.0. The SMILES string of the molecule is C/C(=C\C=C1\C=CC=CC1C(C)C)c1ccc2c3ccc(-c4ccccc4-c4ccccc4N(c4ccccc4)c4cccc5ccccc45)cc3n(-c3ccc(-c4ccccc4)cc3)c2c1. The van der Waals surface area contributed by atoms with Crippen molar-refractivity contribution in [1.29, 1.82) is 0 Å². The maximum absolute atomic E-state index is 2.47. The predicted molar refractivity (Wildman–Crippen MR) is 288 cm³/mol. The number of fused-ring (bicyclic) bond motifs is 4. The third kappa shape index (κ3) is 7.91. The zero-order chi connectivity index (χ0) is 45.3. The van der Waals surface area contributed by atoms with E-state index in [0.717, 1.165) is 33.9 Å². The van der Waals surface area contributed by atoms with Crippen LogP contribution in [-0.4, -0.2) is 4.57 Å². The van der Waals surface area contributed by atoms with Gasteiger partial charge in [-0.15, -0.1) is 0 Å². The maximum Gasteiger partial charge on any atom is 0.0547 e. The molecular weight excluding hydrogens is 809 g/mol. The van der Waals surface area contributed by atoms with Crippen LogP contribution in [-0.2, 0) is 0 Å². The van der Waals surface area contributed by atoms with Crippen LogP contribution >= 0.6 is 0 Å². The molecule has 0 fully saturated rings. The van der Waals surface area contributed by atoms with E-state index < -0.39 is 0 Å². The summed E-state index contributed by atoms with van der Waals surface area (Å²) in [4.78, 5) is 2.42. The van der Waals surface area contributed by atoms with Crippen LogP contribution in [0.5, 0.6) is 0 Å². The maximum atomic E-state index is 2.47. The van der Waals surface area contributed by atoms with Crippen LogP contribution in [0.1, 0.15) is 26.3 Å². The minimum absolute atomic E-state index is 0.415. The molecule has 9 aromatic carbocycles. The Kier molecular flexibility index (Phi) is 11.1. The lowest BCUT2D eigenvalue weighted by molar-refractivity contribution is 0.532. The molecule has 0 aliphatic heterocycles. The van der Waals surface area contributed by atoms with Gasteiger partial charge in [0, 0.05) is 39.0 Å². The van der Waals surface area contributed by atoms with Crippen LogP contribution in [0.2, 0.25) is 0 Å². The van der Waals surface area contributed by atoms with Gasteiger partial charge < -0.3 is 9.47 Å². The second kappa shape index (κ2) is 18.0. The molecule has 1 aromatic heterocycles. The molecule has 11 rings (SSSR count). The number of anilines is 3. The van der Waals surface area contributed by atoms with Gasteiger partial charge in [0.15, 0.2) is 0 Å². The third-order valence-electron chi connectivity index (χ3n) is 13.5. The summed E-state index contributed by atoms with van der Waals surface area (Å²) in [6, 6.07) is 77.5. The molecule has 0 radical (unpaired) electrons. The lowest BCUT2D eigenvalue weighted by Crippen LogP contribution is -2.11. The molecule has 2 heteroatoms. The first kappa shape index (κ1) is 41.5. The fourth-order valence-corrected chi connectivity index (χ4v) is 10.1. The van der Waals surface area contributed by atoms with Gasteiger partial charge in [0.05, 0.1) is 22.4 Å². The van der Waals surface area contributed by atoms with Gasteiger partial charge in [-0.1, -0.05) is 214 Å². The molecule has 0 bridgehead atoms. The van der Waals surface area contributed by atoms with E-state index in [2.05, 4.69) is 279 Å². The van der Waals surface area contributed by atoms with Gasteiger partial charge in [-0.2, -0.15) is 0 Å².